The maximum absolute atomic E-state index is 11.3. The Balaban J connectivity index is 1.89. The molecule has 100 valence electrons. The van der Waals surface area contributed by atoms with Gasteiger partial charge in [0.15, 0.2) is 0 Å². The quantitative estimate of drug-likeness (QED) is 0.762. The van der Waals surface area contributed by atoms with Crippen LogP contribution >= 0.6 is 0 Å². The minimum atomic E-state index is -0.170. The third kappa shape index (κ3) is 2.56. The Morgan fingerprint density at radius 3 is 2.84 bits per heavy atom. The van der Waals surface area contributed by atoms with Gasteiger partial charge in [0.25, 0.3) is 0 Å². The Morgan fingerprint density at radius 2 is 2.11 bits per heavy atom. The minimum Gasteiger partial charge on any atom is -0.462 e. The van der Waals surface area contributed by atoms with Crippen LogP contribution < -0.4 is 0 Å². The fourth-order valence-corrected chi connectivity index (χ4v) is 3.16. The molecule has 0 saturated carbocycles. The minimum absolute atomic E-state index is 0.0282. The standard InChI is InChI=1S/C16H19NO2/c1-12(18)19-16-8-10-17-9-7-14(15(16)11-17)13-5-3-2-4-6-13/h2-7,15-16H,8-11H2,1H3. The molecule has 3 rings (SSSR count). The number of carbonyl (C=O) groups excluding carboxylic acids is 1. The molecule has 0 spiro atoms. The summed E-state index contributed by atoms with van der Waals surface area (Å²) in [5.74, 6) is 0.144. The normalized spacial score (nSPS) is 29.5. The topological polar surface area (TPSA) is 29.5 Å². The Labute approximate surface area is 113 Å². The van der Waals surface area contributed by atoms with E-state index in [-0.39, 0.29) is 12.1 Å². The van der Waals surface area contributed by atoms with Crippen molar-refractivity contribution in [2.75, 3.05) is 19.6 Å². The average Bonchev–Trinajstić information content (AvgIpc) is 2.43. The molecule has 2 aliphatic rings. The molecule has 3 nitrogen and oxygen atoms in total. The maximum atomic E-state index is 11.3. The van der Waals surface area contributed by atoms with Crippen molar-refractivity contribution in [2.24, 2.45) is 5.92 Å². The first kappa shape index (κ1) is 12.4. The summed E-state index contributed by atoms with van der Waals surface area (Å²) in [6.45, 7) is 4.53. The molecule has 3 unspecified atom stereocenters. The lowest BCUT2D eigenvalue weighted by atomic mass is 9.81. The van der Waals surface area contributed by atoms with Crippen LogP contribution in [0.4, 0.5) is 0 Å². The van der Waals surface area contributed by atoms with Gasteiger partial charge in [0.05, 0.1) is 0 Å². The second-order valence-corrected chi connectivity index (χ2v) is 5.33. The molecule has 0 radical (unpaired) electrons. The van der Waals surface area contributed by atoms with E-state index in [9.17, 15) is 4.79 Å². The summed E-state index contributed by atoms with van der Waals surface area (Å²) in [5, 5.41) is 0. The Bertz CT molecular complexity index is 495. The van der Waals surface area contributed by atoms with Crippen molar-refractivity contribution in [2.45, 2.75) is 19.4 Å². The van der Waals surface area contributed by atoms with E-state index < -0.39 is 0 Å². The number of nitrogens with zero attached hydrogens (tertiary/aromatic N) is 1. The molecular formula is C16H19NO2. The lowest BCUT2D eigenvalue weighted by molar-refractivity contribution is -0.150. The van der Waals surface area contributed by atoms with Gasteiger partial charge >= 0.3 is 5.97 Å². The molecule has 19 heavy (non-hydrogen) atoms. The first-order valence-corrected chi connectivity index (χ1v) is 6.89. The average molecular weight is 257 g/mol. The van der Waals surface area contributed by atoms with Crippen molar-refractivity contribution in [3.8, 4) is 0 Å². The predicted octanol–water partition coefficient (Wildman–Crippen LogP) is 2.34. The van der Waals surface area contributed by atoms with Gasteiger partial charge in [-0.25, -0.2) is 0 Å². The van der Waals surface area contributed by atoms with Gasteiger partial charge in [-0.05, 0) is 17.6 Å². The van der Waals surface area contributed by atoms with Crippen molar-refractivity contribution in [1.82, 2.24) is 4.90 Å². The zero-order valence-electron chi connectivity index (χ0n) is 11.2. The Kier molecular flexibility index (Phi) is 3.38. The second-order valence-electron chi connectivity index (χ2n) is 5.33. The lowest BCUT2D eigenvalue weighted by Crippen LogP contribution is -2.47. The van der Waals surface area contributed by atoms with Gasteiger partial charge in [-0.3, -0.25) is 9.69 Å². The molecular weight excluding hydrogens is 238 g/mol. The molecule has 0 aromatic heterocycles. The van der Waals surface area contributed by atoms with Crippen LogP contribution in [0.5, 0.6) is 0 Å². The van der Waals surface area contributed by atoms with Crippen LogP contribution in [-0.4, -0.2) is 36.6 Å². The Hall–Kier alpha value is -1.61. The fourth-order valence-electron chi connectivity index (χ4n) is 3.16. The van der Waals surface area contributed by atoms with Crippen LogP contribution in [0.15, 0.2) is 36.4 Å². The van der Waals surface area contributed by atoms with E-state index in [1.165, 1.54) is 18.1 Å². The lowest BCUT2D eigenvalue weighted by Gasteiger charge is -2.42. The molecule has 2 bridgehead atoms. The van der Waals surface area contributed by atoms with Crippen molar-refractivity contribution < 1.29 is 9.53 Å². The molecule has 3 heteroatoms. The first-order chi connectivity index (χ1) is 9.24. The summed E-state index contributed by atoms with van der Waals surface area (Å²) >= 11 is 0. The van der Waals surface area contributed by atoms with Crippen LogP contribution in [0.2, 0.25) is 0 Å². The summed E-state index contributed by atoms with van der Waals surface area (Å²) in [6.07, 6.45) is 3.26. The highest BCUT2D eigenvalue weighted by molar-refractivity contribution is 5.71. The van der Waals surface area contributed by atoms with Gasteiger partial charge in [-0.15, -0.1) is 0 Å². The highest BCUT2D eigenvalue weighted by atomic mass is 16.5. The van der Waals surface area contributed by atoms with Crippen LogP contribution in [0.25, 0.3) is 5.57 Å². The van der Waals surface area contributed by atoms with Gasteiger partial charge in [-0.1, -0.05) is 36.4 Å². The van der Waals surface area contributed by atoms with Crippen molar-refractivity contribution in [3.05, 3.63) is 42.0 Å². The van der Waals surface area contributed by atoms with E-state index in [0.717, 1.165) is 26.1 Å². The zero-order valence-corrected chi connectivity index (χ0v) is 11.2. The molecule has 0 N–H and O–H groups in total. The first-order valence-electron chi connectivity index (χ1n) is 6.89. The summed E-state index contributed by atoms with van der Waals surface area (Å²) in [4.78, 5) is 13.7. The number of piperidine rings is 1. The van der Waals surface area contributed by atoms with E-state index in [1.807, 2.05) is 6.07 Å². The number of fused-ring (bicyclic) bond motifs is 2. The molecule has 1 aromatic rings. The third-order valence-corrected chi connectivity index (χ3v) is 4.03. The number of ether oxygens (including phenoxy) is 1. The highest BCUT2D eigenvalue weighted by Gasteiger charge is 2.36. The summed E-state index contributed by atoms with van der Waals surface area (Å²) in [6, 6.07) is 10.4. The van der Waals surface area contributed by atoms with Gasteiger partial charge in [0.1, 0.15) is 6.10 Å². The number of carbonyl (C=O) groups is 1. The van der Waals surface area contributed by atoms with Crippen LogP contribution in [0.1, 0.15) is 18.9 Å². The smallest absolute Gasteiger partial charge is 0.302 e. The zero-order chi connectivity index (χ0) is 13.2. The van der Waals surface area contributed by atoms with Crippen molar-refractivity contribution in [1.29, 1.82) is 0 Å². The molecule has 1 fully saturated rings. The molecule has 0 aliphatic carbocycles. The highest BCUT2D eigenvalue weighted by Crippen LogP contribution is 2.35. The monoisotopic (exact) mass is 257 g/mol. The van der Waals surface area contributed by atoms with E-state index >= 15 is 0 Å². The molecule has 1 aromatic carbocycles. The van der Waals surface area contributed by atoms with Gasteiger partial charge < -0.3 is 4.74 Å². The van der Waals surface area contributed by atoms with E-state index in [0.29, 0.717) is 5.92 Å². The van der Waals surface area contributed by atoms with Gasteiger partial charge in [-0.2, -0.15) is 0 Å². The number of esters is 1. The van der Waals surface area contributed by atoms with Crippen molar-refractivity contribution in [3.63, 3.8) is 0 Å². The van der Waals surface area contributed by atoms with E-state index in [4.69, 9.17) is 4.74 Å². The SMILES string of the molecule is CC(=O)OC1CCN2CC=C(c3ccccc3)C1C2. The largest absolute Gasteiger partial charge is 0.462 e. The fraction of sp³-hybridized carbons (Fsp3) is 0.438. The van der Waals surface area contributed by atoms with E-state index in [2.05, 4.69) is 35.2 Å². The second kappa shape index (κ2) is 5.17. The molecule has 2 aliphatic heterocycles. The Morgan fingerprint density at radius 1 is 1.32 bits per heavy atom. The van der Waals surface area contributed by atoms with Gasteiger partial charge in [0.2, 0.25) is 0 Å². The summed E-state index contributed by atoms with van der Waals surface area (Å²) in [5.41, 5.74) is 2.59. The van der Waals surface area contributed by atoms with E-state index in [1.54, 1.807) is 0 Å². The summed E-state index contributed by atoms with van der Waals surface area (Å²) in [7, 11) is 0. The van der Waals surface area contributed by atoms with Crippen LogP contribution in [0, 0.1) is 5.92 Å². The number of rotatable bonds is 2. The summed E-state index contributed by atoms with van der Waals surface area (Å²) < 4.78 is 5.52. The number of hydrogen-bond acceptors (Lipinski definition) is 3. The molecule has 3 atom stereocenters. The van der Waals surface area contributed by atoms with Gasteiger partial charge in [0, 0.05) is 32.5 Å². The maximum Gasteiger partial charge on any atom is 0.302 e. The number of benzene rings is 1. The predicted molar refractivity (Wildman–Crippen MR) is 74.5 cm³/mol. The molecule has 1 saturated heterocycles. The van der Waals surface area contributed by atoms with Crippen molar-refractivity contribution >= 4 is 11.5 Å². The molecule has 0 amide bonds. The van der Waals surface area contributed by atoms with Crippen LogP contribution in [0.3, 0.4) is 0 Å². The number of hydrogen-bond donors (Lipinski definition) is 0. The van der Waals surface area contributed by atoms with Crippen LogP contribution in [-0.2, 0) is 9.53 Å². The molecule has 2 heterocycles. The third-order valence-electron chi connectivity index (χ3n) is 4.03.